The van der Waals surface area contributed by atoms with Crippen molar-refractivity contribution in [1.29, 1.82) is 0 Å². The monoisotopic (exact) mass is 217 g/mol. The first kappa shape index (κ1) is 10.4. The number of fused-ring (bicyclic) bond motifs is 1. The van der Waals surface area contributed by atoms with Crippen LogP contribution in [-0.2, 0) is 6.42 Å². The molecule has 0 aliphatic carbocycles. The van der Waals surface area contributed by atoms with E-state index in [4.69, 9.17) is 4.42 Å². The van der Waals surface area contributed by atoms with Gasteiger partial charge in [-0.2, -0.15) is 0 Å². The minimum Gasteiger partial charge on any atom is -0.542 e. The molecule has 0 N–H and O–H groups in total. The summed E-state index contributed by atoms with van der Waals surface area (Å²) in [5.74, 6) is -1.93. The molecule has 4 nitrogen and oxygen atoms in total. The largest absolute Gasteiger partial charge is 0.542 e. The van der Waals surface area contributed by atoms with Gasteiger partial charge >= 0.3 is 0 Å². The van der Waals surface area contributed by atoms with E-state index in [-0.39, 0.29) is 11.0 Å². The molecule has 0 aliphatic rings. The highest BCUT2D eigenvalue weighted by molar-refractivity contribution is 5.86. The topological polar surface area (TPSA) is 70.3 Å². The fourth-order valence-corrected chi connectivity index (χ4v) is 1.52. The minimum absolute atomic E-state index is 0.268. The van der Waals surface area contributed by atoms with Gasteiger partial charge in [0.15, 0.2) is 11.2 Å². The molecule has 0 fully saturated rings. The number of aryl methyl sites for hydroxylation is 1. The summed E-state index contributed by atoms with van der Waals surface area (Å²) in [6.07, 6.45) is 0.803. The van der Waals surface area contributed by atoms with Gasteiger partial charge in [-0.25, -0.2) is 0 Å². The van der Waals surface area contributed by atoms with E-state index in [0.29, 0.717) is 5.39 Å². The highest BCUT2D eigenvalue weighted by Gasteiger charge is 2.05. The van der Waals surface area contributed by atoms with E-state index in [0.717, 1.165) is 18.1 Å². The van der Waals surface area contributed by atoms with Crippen LogP contribution in [0.3, 0.4) is 0 Å². The fraction of sp³-hybridized carbons (Fsp3) is 0.167. The molecule has 1 heterocycles. The van der Waals surface area contributed by atoms with E-state index in [1.165, 1.54) is 0 Å². The Bertz CT molecular complexity index is 610. The van der Waals surface area contributed by atoms with Crippen LogP contribution in [0.1, 0.15) is 23.0 Å². The van der Waals surface area contributed by atoms with Gasteiger partial charge in [-0.05, 0) is 24.1 Å². The standard InChI is InChI=1S/C12H10O4/c1-2-7-3-4-10-8(5-7)9(13)6-11(16-10)12(14)15/h3-6H,2H2,1H3,(H,14,15)/p-1. The molecule has 0 aliphatic heterocycles. The third-order valence-corrected chi connectivity index (χ3v) is 2.40. The second-order valence-corrected chi connectivity index (χ2v) is 3.45. The Hall–Kier alpha value is -2.10. The van der Waals surface area contributed by atoms with Crippen molar-refractivity contribution in [2.75, 3.05) is 0 Å². The number of carboxylic acids is 1. The van der Waals surface area contributed by atoms with Gasteiger partial charge in [0.1, 0.15) is 11.6 Å². The molecule has 16 heavy (non-hydrogen) atoms. The lowest BCUT2D eigenvalue weighted by Gasteiger charge is -2.04. The van der Waals surface area contributed by atoms with Crippen LogP contribution in [0.25, 0.3) is 11.0 Å². The van der Waals surface area contributed by atoms with E-state index in [2.05, 4.69) is 0 Å². The second kappa shape index (κ2) is 3.81. The summed E-state index contributed by atoms with van der Waals surface area (Å²) < 4.78 is 5.04. The molecule has 4 heteroatoms. The summed E-state index contributed by atoms with van der Waals surface area (Å²) in [5.41, 5.74) is 0.903. The normalized spacial score (nSPS) is 10.6. The highest BCUT2D eigenvalue weighted by Crippen LogP contribution is 2.14. The molecule has 0 radical (unpaired) electrons. The van der Waals surface area contributed by atoms with Crippen LogP contribution >= 0.6 is 0 Å². The second-order valence-electron chi connectivity index (χ2n) is 3.45. The zero-order chi connectivity index (χ0) is 11.7. The lowest BCUT2D eigenvalue weighted by atomic mass is 10.1. The van der Waals surface area contributed by atoms with Gasteiger partial charge in [0.2, 0.25) is 0 Å². The Morgan fingerprint density at radius 3 is 2.75 bits per heavy atom. The zero-order valence-electron chi connectivity index (χ0n) is 8.65. The number of carboxylic acid groups (broad SMARTS) is 1. The van der Waals surface area contributed by atoms with Gasteiger partial charge in [0.05, 0.1) is 5.39 Å². The Morgan fingerprint density at radius 1 is 1.38 bits per heavy atom. The molecule has 0 unspecified atom stereocenters. The SMILES string of the molecule is CCc1ccc2oc(C(=O)[O-])cc(=O)c2c1. The molecule has 1 aromatic heterocycles. The highest BCUT2D eigenvalue weighted by atomic mass is 16.4. The van der Waals surface area contributed by atoms with Crippen LogP contribution in [0.15, 0.2) is 33.5 Å². The van der Waals surface area contributed by atoms with Crippen molar-refractivity contribution < 1.29 is 14.3 Å². The molecular weight excluding hydrogens is 208 g/mol. The van der Waals surface area contributed by atoms with Crippen molar-refractivity contribution >= 4 is 16.9 Å². The third kappa shape index (κ3) is 1.69. The molecule has 82 valence electrons. The Balaban J connectivity index is 2.76. The quantitative estimate of drug-likeness (QED) is 0.743. The van der Waals surface area contributed by atoms with Crippen molar-refractivity contribution in [3.05, 3.63) is 45.8 Å². The first-order valence-electron chi connectivity index (χ1n) is 4.90. The maximum absolute atomic E-state index is 11.6. The van der Waals surface area contributed by atoms with Crippen LogP contribution in [0.4, 0.5) is 0 Å². The molecule has 2 aromatic rings. The molecule has 0 amide bonds. The van der Waals surface area contributed by atoms with E-state index >= 15 is 0 Å². The third-order valence-electron chi connectivity index (χ3n) is 2.40. The number of carbonyl (C=O) groups is 1. The van der Waals surface area contributed by atoms with Crippen LogP contribution in [0.5, 0.6) is 0 Å². The molecule has 0 saturated carbocycles. The van der Waals surface area contributed by atoms with Gasteiger partial charge in [-0.3, -0.25) is 4.79 Å². The lowest BCUT2D eigenvalue weighted by Crippen LogP contribution is -2.23. The van der Waals surface area contributed by atoms with Gasteiger partial charge in [-0.15, -0.1) is 0 Å². The van der Waals surface area contributed by atoms with Crippen molar-refractivity contribution in [2.24, 2.45) is 0 Å². The zero-order valence-corrected chi connectivity index (χ0v) is 8.65. The molecule has 0 spiro atoms. The first-order chi connectivity index (χ1) is 7.61. The summed E-state index contributed by atoms with van der Waals surface area (Å²) in [6.45, 7) is 1.97. The van der Waals surface area contributed by atoms with Crippen LogP contribution < -0.4 is 10.5 Å². The summed E-state index contributed by atoms with van der Waals surface area (Å²) in [6, 6.07) is 6.05. The summed E-state index contributed by atoms with van der Waals surface area (Å²) >= 11 is 0. The molecule has 1 aromatic carbocycles. The Kier molecular flexibility index (Phi) is 2.48. The van der Waals surface area contributed by atoms with Crippen LogP contribution in [0, 0.1) is 0 Å². The molecular formula is C12H9O4-. The van der Waals surface area contributed by atoms with Gasteiger partial charge in [0, 0.05) is 6.07 Å². The maximum Gasteiger partial charge on any atom is 0.193 e. The predicted molar refractivity (Wildman–Crippen MR) is 56.2 cm³/mol. The minimum atomic E-state index is -1.49. The summed E-state index contributed by atoms with van der Waals surface area (Å²) in [4.78, 5) is 22.2. The van der Waals surface area contributed by atoms with E-state index in [1.54, 1.807) is 18.2 Å². The smallest absolute Gasteiger partial charge is 0.193 e. The van der Waals surface area contributed by atoms with Gasteiger partial charge in [0.25, 0.3) is 0 Å². The Morgan fingerprint density at radius 2 is 2.12 bits per heavy atom. The van der Waals surface area contributed by atoms with Crippen LogP contribution in [0.2, 0.25) is 0 Å². The molecule has 2 rings (SSSR count). The van der Waals surface area contributed by atoms with Crippen molar-refractivity contribution in [1.82, 2.24) is 0 Å². The molecule has 0 saturated heterocycles. The number of hydrogen-bond acceptors (Lipinski definition) is 4. The number of rotatable bonds is 2. The van der Waals surface area contributed by atoms with E-state index in [1.807, 2.05) is 6.92 Å². The number of benzene rings is 1. The average molecular weight is 217 g/mol. The summed E-state index contributed by atoms with van der Waals surface area (Å²) in [5, 5.41) is 11.0. The van der Waals surface area contributed by atoms with E-state index < -0.39 is 11.7 Å². The number of hydrogen-bond donors (Lipinski definition) is 0. The predicted octanol–water partition coefficient (Wildman–Crippen LogP) is 0.719. The number of aromatic carboxylic acids is 1. The first-order valence-corrected chi connectivity index (χ1v) is 4.90. The van der Waals surface area contributed by atoms with Gasteiger partial charge in [-0.1, -0.05) is 13.0 Å². The maximum atomic E-state index is 11.6. The fourth-order valence-electron chi connectivity index (χ4n) is 1.52. The average Bonchev–Trinajstić information content (AvgIpc) is 2.28. The summed E-state index contributed by atoms with van der Waals surface area (Å²) in [7, 11) is 0. The number of carbonyl (C=O) groups excluding carboxylic acids is 1. The van der Waals surface area contributed by atoms with Gasteiger partial charge < -0.3 is 14.3 Å². The van der Waals surface area contributed by atoms with Crippen molar-refractivity contribution in [3.63, 3.8) is 0 Å². The molecule has 0 atom stereocenters. The van der Waals surface area contributed by atoms with Crippen LogP contribution in [-0.4, -0.2) is 5.97 Å². The van der Waals surface area contributed by atoms with E-state index in [9.17, 15) is 14.7 Å². The molecule has 0 bridgehead atoms. The van der Waals surface area contributed by atoms with Crippen molar-refractivity contribution in [2.45, 2.75) is 13.3 Å². The van der Waals surface area contributed by atoms with Crippen molar-refractivity contribution in [3.8, 4) is 0 Å². The Labute approximate surface area is 91.1 Å². The lowest BCUT2D eigenvalue weighted by molar-refractivity contribution is -0.257.